The molecule has 0 saturated heterocycles. The van der Waals surface area contributed by atoms with Crippen molar-refractivity contribution in [2.45, 2.75) is 33.1 Å². The van der Waals surface area contributed by atoms with Crippen molar-refractivity contribution in [3.05, 3.63) is 46.8 Å². The van der Waals surface area contributed by atoms with Crippen molar-refractivity contribution in [1.29, 1.82) is 0 Å². The summed E-state index contributed by atoms with van der Waals surface area (Å²) < 4.78 is 13.0. The summed E-state index contributed by atoms with van der Waals surface area (Å²) in [4.78, 5) is 16.0. The first-order chi connectivity index (χ1) is 10.1. The highest BCUT2D eigenvalue weighted by Crippen LogP contribution is 2.10. The van der Waals surface area contributed by atoms with Gasteiger partial charge in [0, 0.05) is 13.0 Å². The number of aromatic amines is 1. The van der Waals surface area contributed by atoms with Crippen molar-refractivity contribution in [3.8, 4) is 0 Å². The van der Waals surface area contributed by atoms with Gasteiger partial charge in [0.1, 0.15) is 11.6 Å². The number of benzene rings is 1. The molecule has 1 amide bonds. The Bertz CT molecular complexity index is 624. The summed E-state index contributed by atoms with van der Waals surface area (Å²) in [5, 5.41) is 9.41. The van der Waals surface area contributed by atoms with E-state index in [1.54, 1.807) is 6.07 Å². The molecule has 1 aromatic heterocycles. The smallest absolute Gasteiger partial charge is 0.290 e. The van der Waals surface area contributed by atoms with Crippen LogP contribution in [0, 0.1) is 12.7 Å². The van der Waals surface area contributed by atoms with Gasteiger partial charge < -0.3 is 5.32 Å². The molecule has 0 unspecified atom stereocenters. The van der Waals surface area contributed by atoms with E-state index in [4.69, 9.17) is 0 Å². The molecule has 0 aliphatic rings. The molecule has 0 radical (unpaired) electrons. The highest BCUT2D eigenvalue weighted by Gasteiger charge is 2.11. The van der Waals surface area contributed by atoms with Crippen LogP contribution in [0.4, 0.5) is 4.39 Å². The molecule has 2 aromatic rings. The second kappa shape index (κ2) is 6.97. The Kier molecular flexibility index (Phi) is 5.03. The zero-order chi connectivity index (χ0) is 15.2. The van der Waals surface area contributed by atoms with E-state index in [0.29, 0.717) is 13.0 Å². The van der Waals surface area contributed by atoms with E-state index in [1.165, 1.54) is 12.1 Å². The van der Waals surface area contributed by atoms with Gasteiger partial charge in [-0.3, -0.25) is 9.89 Å². The van der Waals surface area contributed by atoms with Gasteiger partial charge in [0.2, 0.25) is 5.82 Å². The second-order valence-corrected chi connectivity index (χ2v) is 4.93. The molecular formula is C15H19FN4O. The fraction of sp³-hybridized carbons (Fsp3) is 0.400. The van der Waals surface area contributed by atoms with Crippen LogP contribution in [-0.2, 0) is 12.8 Å². The third-order valence-corrected chi connectivity index (χ3v) is 3.21. The van der Waals surface area contributed by atoms with Gasteiger partial charge in [0.15, 0.2) is 0 Å². The minimum absolute atomic E-state index is 0.161. The van der Waals surface area contributed by atoms with Gasteiger partial charge >= 0.3 is 0 Å². The molecule has 0 aliphatic carbocycles. The van der Waals surface area contributed by atoms with Gasteiger partial charge in [0.25, 0.3) is 5.91 Å². The molecule has 0 aliphatic heterocycles. The Hall–Kier alpha value is -2.24. The van der Waals surface area contributed by atoms with E-state index < -0.39 is 0 Å². The van der Waals surface area contributed by atoms with Crippen molar-refractivity contribution < 1.29 is 9.18 Å². The van der Waals surface area contributed by atoms with Crippen molar-refractivity contribution in [2.75, 3.05) is 6.54 Å². The third-order valence-electron chi connectivity index (χ3n) is 3.21. The number of amides is 1. The number of hydrogen-bond acceptors (Lipinski definition) is 3. The lowest BCUT2D eigenvalue weighted by Crippen LogP contribution is -2.27. The first-order valence-electron chi connectivity index (χ1n) is 7.04. The molecule has 1 heterocycles. The van der Waals surface area contributed by atoms with Crippen LogP contribution in [0.3, 0.4) is 0 Å². The SMILES string of the molecule is CCCc1nc(C(=O)NCCc2ccc(F)cc2C)n[nH]1. The normalized spacial score (nSPS) is 10.6. The zero-order valence-electron chi connectivity index (χ0n) is 12.2. The van der Waals surface area contributed by atoms with Gasteiger partial charge in [-0.05, 0) is 43.0 Å². The van der Waals surface area contributed by atoms with Crippen LogP contribution >= 0.6 is 0 Å². The summed E-state index contributed by atoms with van der Waals surface area (Å²) in [5.41, 5.74) is 1.89. The van der Waals surface area contributed by atoms with E-state index >= 15 is 0 Å². The van der Waals surface area contributed by atoms with Crippen LogP contribution in [0.5, 0.6) is 0 Å². The predicted molar refractivity (Wildman–Crippen MR) is 77.6 cm³/mol. The largest absolute Gasteiger partial charge is 0.349 e. The quantitative estimate of drug-likeness (QED) is 0.856. The Morgan fingerprint density at radius 1 is 1.38 bits per heavy atom. The maximum absolute atomic E-state index is 13.0. The average molecular weight is 290 g/mol. The highest BCUT2D eigenvalue weighted by molar-refractivity contribution is 5.90. The van der Waals surface area contributed by atoms with Crippen molar-refractivity contribution in [1.82, 2.24) is 20.5 Å². The van der Waals surface area contributed by atoms with E-state index in [1.807, 2.05) is 13.8 Å². The molecule has 6 heteroatoms. The van der Waals surface area contributed by atoms with Gasteiger partial charge in [-0.25, -0.2) is 9.37 Å². The lowest BCUT2D eigenvalue weighted by Gasteiger charge is -2.06. The van der Waals surface area contributed by atoms with Crippen LogP contribution in [0.15, 0.2) is 18.2 Å². The van der Waals surface area contributed by atoms with Crippen molar-refractivity contribution in [3.63, 3.8) is 0 Å². The van der Waals surface area contributed by atoms with E-state index in [9.17, 15) is 9.18 Å². The Morgan fingerprint density at radius 3 is 2.90 bits per heavy atom. The molecule has 2 N–H and O–H groups in total. The number of rotatable bonds is 6. The van der Waals surface area contributed by atoms with Crippen molar-refractivity contribution in [2.24, 2.45) is 0 Å². The topological polar surface area (TPSA) is 70.7 Å². The first-order valence-corrected chi connectivity index (χ1v) is 7.04. The summed E-state index contributed by atoms with van der Waals surface area (Å²) >= 11 is 0. The van der Waals surface area contributed by atoms with Crippen LogP contribution in [0.25, 0.3) is 0 Å². The Morgan fingerprint density at radius 2 is 2.19 bits per heavy atom. The number of H-pyrrole nitrogens is 1. The number of halogens is 1. The fourth-order valence-electron chi connectivity index (χ4n) is 2.08. The number of aromatic nitrogens is 3. The summed E-state index contributed by atoms with van der Waals surface area (Å²) in [6.07, 6.45) is 2.36. The Labute approximate surface area is 123 Å². The monoisotopic (exact) mass is 290 g/mol. The molecule has 21 heavy (non-hydrogen) atoms. The maximum atomic E-state index is 13.0. The molecule has 112 valence electrons. The van der Waals surface area contributed by atoms with Crippen molar-refractivity contribution >= 4 is 5.91 Å². The van der Waals surface area contributed by atoms with E-state index in [2.05, 4.69) is 20.5 Å². The zero-order valence-corrected chi connectivity index (χ0v) is 12.2. The molecule has 5 nitrogen and oxygen atoms in total. The van der Waals surface area contributed by atoms with Gasteiger partial charge in [-0.15, -0.1) is 5.10 Å². The minimum Gasteiger partial charge on any atom is -0.349 e. The molecule has 0 atom stereocenters. The summed E-state index contributed by atoms with van der Waals surface area (Å²) in [6.45, 7) is 4.35. The maximum Gasteiger partial charge on any atom is 0.290 e. The molecule has 2 rings (SSSR count). The predicted octanol–water partition coefficient (Wildman–Crippen LogP) is 2.18. The number of nitrogens with one attached hydrogen (secondary N) is 2. The molecule has 0 saturated carbocycles. The standard InChI is InChI=1S/C15H19FN4O/c1-3-4-13-18-14(20-19-13)15(21)17-8-7-11-5-6-12(16)9-10(11)2/h5-6,9H,3-4,7-8H2,1-2H3,(H,17,21)(H,18,19,20). The highest BCUT2D eigenvalue weighted by atomic mass is 19.1. The lowest BCUT2D eigenvalue weighted by molar-refractivity contribution is 0.0944. The van der Waals surface area contributed by atoms with Crippen LogP contribution in [-0.4, -0.2) is 27.6 Å². The van der Waals surface area contributed by atoms with Crippen LogP contribution in [0.2, 0.25) is 0 Å². The summed E-state index contributed by atoms with van der Waals surface area (Å²) in [6, 6.07) is 4.66. The van der Waals surface area contributed by atoms with Gasteiger partial charge in [-0.1, -0.05) is 13.0 Å². The number of hydrogen-bond donors (Lipinski definition) is 2. The third kappa shape index (κ3) is 4.11. The molecule has 0 spiro atoms. The molecule has 0 fully saturated rings. The van der Waals surface area contributed by atoms with Gasteiger partial charge in [-0.2, -0.15) is 0 Å². The number of carbonyl (C=O) groups excluding carboxylic acids is 1. The van der Waals surface area contributed by atoms with E-state index in [-0.39, 0.29) is 17.5 Å². The second-order valence-electron chi connectivity index (χ2n) is 4.93. The lowest BCUT2D eigenvalue weighted by atomic mass is 10.1. The number of nitrogens with zero attached hydrogens (tertiary/aromatic N) is 2. The minimum atomic E-state index is -0.298. The number of aryl methyl sites for hydroxylation is 2. The molecular weight excluding hydrogens is 271 g/mol. The van der Waals surface area contributed by atoms with Gasteiger partial charge in [0.05, 0.1) is 0 Å². The molecule has 1 aromatic carbocycles. The van der Waals surface area contributed by atoms with Crippen LogP contribution < -0.4 is 5.32 Å². The van der Waals surface area contributed by atoms with E-state index in [0.717, 1.165) is 29.8 Å². The Balaban J connectivity index is 1.86. The summed E-state index contributed by atoms with van der Waals surface area (Å²) in [5.74, 6) is 0.337. The summed E-state index contributed by atoms with van der Waals surface area (Å²) in [7, 11) is 0. The molecule has 0 bridgehead atoms. The average Bonchev–Trinajstić information content (AvgIpc) is 2.90. The number of carbonyl (C=O) groups is 1. The first kappa shape index (κ1) is 15.2. The van der Waals surface area contributed by atoms with Crippen LogP contribution in [0.1, 0.15) is 40.9 Å². The fourth-order valence-corrected chi connectivity index (χ4v) is 2.08.